The van der Waals surface area contributed by atoms with E-state index in [4.69, 9.17) is 19.5 Å². The Kier molecular flexibility index (Phi) is 9.95. The first-order valence-electron chi connectivity index (χ1n) is 20.9. The first-order chi connectivity index (χ1) is 27.8. The van der Waals surface area contributed by atoms with Crippen LogP contribution < -0.4 is 9.64 Å². The van der Waals surface area contributed by atoms with Crippen LogP contribution in [0.2, 0.25) is 0 Å². The fraction of sp³-hybridized carbons (Fsp3) is 0.333. The molecule has 0 N–H and O–H groups in total. The number of hydrogen-bond donors (Lipinski definition) is 0. The molecular formula is C54H55N3O2Pt. The molecule has 0 amide bonds. The molecule has 0 radical (unpaired) electrons. The number of anilines is 3. The number of benzene rings is 5. The van der Waals surface area contributed by atoms with Crippen LogP contribution in [0.3, 0.4) is 0 Å². The minimum absolute atomic E-state index is 0. The summed E-state index contributed by atoms with van der Waals surface area (Å²) in [4.78, 5) is 12.8. The molecule has 2 atom stereocenters. The number of hydrogen-bond acceptors (Lipinski definition) is 5. The van der Waals surface area contributed by atoms with Crippen molar-refractivity contribution in [1.82, 2.24) is 4.98 Å². The maximum Gasteiger partial charge on any atom is 2.00 e. The van der Waals surface area contributed by atoms with Gasteiger partial charge in [-0.05, 0) is 89.5 Å². The minimum Gasteiger partial charge on any atom is -0.507 e. The molecule has 6 heteroatoms. The van der Waals surface area contributed by atoms with Crippen LogP contribution in [0.5, 0.6) is 11.5 Å². The van der Waals surface area contributed by atoms with Gasteiger partial charge in [0.15, 0.2) is 0 Å². The zero-order chi connectivity index (χ0) is 41.9. The SMILES string of the molecule is Cc1ccc2c(c1)C(C)(C)c1cc(C)c(Oc3[c-]c(C4=N[C@]5(C)c6ccccc6Cc6ccccc6[C@]5(C)O4)cc(C(C)(C)C)c3)[c-]c1N2c1cc(C(C)(C)C)ccn1.[Pt+2]. The van der Waals surface area contributed by atoms with E-state index in [1.54, 1.807) is 0 Å². The summed E-state index contributed by atoms with van der Waals surface area (Å²) < 4.78 is 14.2. The third kappa shape index (κ3) is 6.63. The molecule has 0 unspecified atom stereocenters. The molecule has 0 saturated carbocycles. The van der Waals surface area contributed by atoms with E-state index in [1.807, 2.05) is 6.20 Å². The van der Waals surface area contributed by atoms with Gasteiger partial charge < -0.3 is 14.4 Å². The number of aliphatic imine (C=N–C) groups is 1. The zero-order valence-corrected chi connectivity index (χ0v) is 39.3. The van der Waals surface area contributed by atoms with Gasteiger partial charge in [-0.15, -0.1) is 28.8 Å². The van der Waals surface area contributed by atoms with Gasteiger partial charge in [0.25, 0.3) is 0 Å². The summed E-state index contributed by atoms with van der Waals surface area (Å²) in [5.74, 6) is 2.65. The van der Waals surface area contributed by atoms with Crippen molar-refractivity contribution >= 4 is 23.1 Å². The summed E-state index contributed by atoms with van der Waals surface area (Å²) in [7, 11) is 0. The Morgan fingerprint density at radius 2 is 1.37 bits per heavy atom. The van der Waals surface area contributed by atoms with Gasteiger partial charge >= 0.3 is 21.1 Å². The summed E-state index contributed by atoms with van der Waals surface area (Å²) in [6.45, 7) is 26.7. The normalized spacial score (nSPS) is 19.9. The van der Waals surface area contributed by atoms with E-state index >= 15 is 0 Å². The van der Waals surface area contributed by atoms with Crippen molar-refractivity contribution in [3.8, 4) is 11.5 Å². The van der Waals surface area contributed by atoms with Crippen molar-refractivity contribution in [2.45, 2.75) is 117 Å². The molecule has 3 aliphatic rings. The Balaban J connectivity index is 0.00000499. The smallest absolute Gasteiger partial charge is 0.507 e. The van der Waals surface area contributed by atoms with Gasteiger partial charge in [0.05, 0.1) is 0 Å². The van der Waals surface area contributed by atoms with Crippen LogP contribution in [0.15, 0.2) is 108 Å². The molecule has 308 valence electrons. The fourth-order valence-electron chi connectivity index (χ4n) is 9.36. The molecule has 0 saturated heterocycles. The number of fused-ring (bicyclic) bond motifs is 7. The average Bonchev–Trinajstić information content (AvgIpc) is 3.43. The standard InChI is InChI=1S/C54H55N3O2.Pt/c1-33-21-22-45-43(25-33)52(9,10)44-26-34(2)47(32-46(44)57(45)48-31-38(23-24-55-48)50(3,4)5)58-40-29-37(28-39(30-40)51(6,7)8)49-56-53(11)41-19-15-13-17-35(41)27-36-18-14-16-20-42(36)54(53,12)59-49;/h13-26,28,30-31H,27H2,1-12H3;/q-2;+2/t53-,54+;/m1./s1. The number of pyridine rings is 1. The molecule has 5 aromatic carbocycles. The second kappa shape index (κ2) is 14.3. The largest absolute Gasteiger partial charge is 2.00 e. The van der Waals surface area contributed by atoms with E-state index in [0.29, 0.717) is 17.4 Å². The van der Waals surface area contributed by atoms with Crippen LogP contribution in [0.25, 0.3) is 0 Å². The summed E-state index contributed by atoms with van der Waals surface area (Å²) >= 11 is 0. The van der Waals surface area contributed by atoms with Gasteiger partial charge in [-0.2, -0.15) is 6.07 Å². The molecule has 1 aliphatic carbocycles. The van der Waals surface area contributed by atoms with Gasteiger partial charge in [-0.25, -0.2) is 4.98 Å². The molecule has 0 bridgehead atoms. The van der Waals surface area contributed by atoms with E-state index < -0.39 is 11.1 Å². The van der Waals surface area contributed by atoms with E-state index in [-0.39, 0.29) is 37.3 Å². The average molecular weight is 973 g/mol. The molecule has 9 rings (SSSR count). The summed E-state index contributed by atoms with van der Waals surface area (Å²) in [6, 6.07) is 42.4. The van der Waals surface area contributed by atoms with Gasteiger partial charge in [0, 0.05) is 28.9 Å². The maximum absolute atomic E-state index is 7.18. The number of aryl methyl sites for hydroxylation is 2. The topological polar surface area (TPSA) is 47.0 Å². The molecule has 60 heavy (non-hydrogen) atoms. The van der Waals surface area contributed by atoms with Gasteiger partial charge in [0.1, 0.15) is 22.9 Å². The van der Waals surface area contributed by atoms with E-state index in [2.05, 4.69) is 197 Å². The molecule has 3 heterocycles. The first-order valence-corrected chi connectivity index (χ1v) is 20.9. The van der Waals surface area contributed by atoms with Gasteiger partial charge in [0.2, 0.25) is 0 Å². The van der Waals surface area contributed by atoms with E-state index in [9.17, 15) is 0 Å². The quantitative estimate of drug-likeness (QED) is 0.165. The summed E-state index contributed by atoms with van der Waals surface area (Å²) in [5, 5.41) is 0. The van der Waals surface area contributed by atoms with Gasteiger partial charge in [-0.3, -0.25) is 4.99 Å². The zero-order valence-electron chi connectivity index (χ0n) is 37.0. The van der Waals surface area contributed by atoms with Crippen LogP contribution in [0, 0.1) is 26.0 Å². The number of ether oxygens (including phenoxy) is 2. The Hall–Kier alpha value is -4.99. The van der Waals surface area contributed by atoms with Crippen LogP contribution in [0.4, 0.5) is 17.2 Å². The number of aromatic nitrogens is 1. The van der Waals surface area contributed by atoms with Crippen LogP contribution in [0.1, 0.15) is 130 Å². The monoisotopic (exact) mass is 972 g/mol. The predicted octanol–water partition coefficient (Wildman–Crippen LogP) is 13.3. The molecule has 5 nitrogen and oxygen atoms in total. The van der Waals surface area contributed by atoms with Crippen molar-refractivity contribution in [3.63, 3.8) is 0 Å². The Bertz CT molecular complexity index is 2720. The maximum atomic E-state index is 7.18. The van der Waals surface area contributed by atoms with Crippen LogP contribution in [-0.2, 0) is 59.6 Å². The molecule has 0 spiro atoms. The van der Waals surface area contributed by atoms with Gasteiger partial charge in [-0.1, -0.05) is 152 Å². The summed E-state index contributed by atoms with van der Waals surface area (Å²) in [6.07, 6.45) is 2.76. The third-order valence-corrected chi connectivity index (χ3v) is 13.2. The second-order valence-corrected chi connectivity index (χ2v) is 19.8. The third-order valence-electron chi connectivity index (χ3n) is 13.2. The Morgan fingerprint density at radius 1 is 0.700 bits per heavy atom. The van der Waals surface area contributed by atoms with Crippen molar-refractivity contribution in [2.24, 2.45) is 4.99 Å². The van der Waals surface area contributed by atoms with E-state index in [0.717, 1.165) is 45.9 Å². The summed E-state index contributed by atoms with van der Waals surface area (Å²) in [5.41, 5.74) is 12.7. The minimum atomic E-state index is -0.746. The molecule has 2 aliphatic heterocycles. The second-order valence-electron chi connectivity index (χ2n) is 19.8. The van der Waals surface area contributed by atoms with E-state index in [1.165, 1.54) is 38.9 Å². The van der Waals surface area contributed by atoms with Crippen molar-refractivity contribution < 1.29 is 30.5 Å². The molecule has 6 aromatic rings. The number of rotatable bonds is 4. The van der Waals surface area contributed by atoms with Crippen LogP contribution >= 0.6 is 0 Å². The molecule has 1 aromatic heterocycles. The fourth-order valence-corrected chi connectivity index (χ4v) is 9.36. The Morgan fingerprint density at radius 3 is 2.07 bits per heavy atom. The van der Waals surface area contributed by atoms with Crippen LogP contribution in [-0.4, -0.2) is 10.9 Å². The molecule has 0 fully saturated rings. The van der Waals surface area contributed by atoms with Crippen molar-refractivity contribution in [1.29, 1.82) is 0 Å². The first kappa shape index (κ1) is 41.7. The Labute approximate surface area is 371 Å². The predicted molar refractivity (Wildman–Crippen MR) is 240 cm³/mol. The van der Waals surface area contributed by atoms with Crippen molar-refractivity contribution in [3.05, 3.63) is 177 Å². The van der Waals surface area contributed by atoms with Crippen molar-refractivity contribution in [2.75, 3.05) is 4.90 Å². The number of nitrogens with zero attached hydrogens (tertiary/aromatic N) is 3. The molecular weight excluding hydrogens is 918 g/mol.